The maximum absolute atomic E-state index is 5.56. The standard InChI is InChI=1S/C3H6ClPS2/c1-2-3-7(4,5)6/h2-3,6H,1H3/b3-2-. The van der Waals surface area contributed by atoms with Crippen molar-refractivity contribution in [3.63, 3.8) is 0 Å². The van der Waals surface area contributed by atoms with Crippen molar-refractivity contribution < 1.29 is 0 Å². The van der Waals surface area contributed by atoms with Crippen LogP contribution >= 0.6 is 37.4 Å². The molecule has 4 heteroatoms. The molecule has 0 saturated heterocycles. The zero-order chi connectivity index (χ0) is 5.91. The first-order valence-corrected chi connectivity index (χ1v) is 6.29. The van der Waals surface area contributed by atoms with Gasteiger partial charge in [0.15, 0.2) is 0 Å². The molecule has 0 N–H and O–H groups in total. The van der Waals surface area contributed by atoms with Gasteiger partial charge < -0.3 is 0 Å². The van der Waals surface area contributed by atoms with Crippen molar-refractivity contribution in [3.05, 3.63) is 11.5 Å². The number of rotatable bonds is 0. The Labute approximate surface area is 56.0 Å². The number of allylic oxidation sites excluding steroid dienone is 1. The van der Waals surface area contributed by atoms with Crippen molar-refractivity contribution in [2.24, 2.45) is 0 Å². The molecule has 0 radical (unpaired) electrons. The first-order chi connectivity index (χ1) is 3.06. The van der Waals surface area contributed by atoms with E-state index in [9.17, 15) is 0 Å². The summed E-state index contributed by atoms with van der Waals surface area (Å²) in [5.41, 5.74) is 0. The third-order valence-corrected chi connectivity index (χ3v) is 1.97. The molecular weight excluding hydrogens is 167 g/mol. The molecule has 7 heavy (non-hydrogen) atoms. The quantitative estimate of drug-likeness (QED) is 0.322. The van der Waals surface area contributed by atoms with Crippen LogP contribution in [-0.4, -0.2) is 0 Å². The van der Waals surface area contributed by atoms with Gasteiger partial charge in [0.25, 0.3) is 0 Å². The molecule has 42 valence electrons. The van der Waals surface area contributed by atoms with Crippen LogP contribution in [0, 0.1) is 0 Å². The average Bonchev–Trinajstić information content (AvgIpc) is 1.30. The van der Waals surface area contributed by atoms with Gasteiger partial charge in [0.05, 0.1) is 0 Å². The van der Waals surface area contributed by atoms with Crippen LogP contribution in [0.2, 0.25) is 0 Å². The Balaban J connectivity index is 3.93. The third kappa shape index (κ3) is 7.16. The van der Waals surface area contributed by atoms with E-state index in [0.29, 0.717) is 0 Å². The molecule has 0 heterocycles. The Bertz CT molecular complexity index is 155. The molecule has 0 aromatic heterocycles. The van der Waals surface area contributed by atoms with Crippen LogP contribution in [0.1, 0.15) is 6.92 Å². The third-order valence-electron chi connectivity index (χ3n) is 0.309. The van der Waals surface area contributed by atoms with Gasteiger partial charge in [-0.3, -0.25) is 0 Å². The average molecular weight is 173 g/mol. The fourth-order valence-electron chi connectivity index (χ4n) is 0.173. The fraction of sp³-hybridized carbons (Fsp3) is 0.333. The number of hydrogen-bond donors (Lipinski definition) is 1. The van der Waals surface area contributed by atoms with E-state index in [1.165, 1.54) is 0 Å². The molecule has 0 aliphatic rings. The fourth-order valence-corrected chi connectivity index (χ4v) is 1.56. The van der Waals surface area contributed by atoms with Gasteiger partial charge in [-0.1, -0.05) is 0 Å². The molecule has 1 atom stereocenters. The van der Waals surface area contributed by atoms with Crippen LogP contribution in [0.3, 0.4) is 0 Å². The molecule has 0 amide bonds. The topological polar surface area (TPSA) is 0 Å². The van der Waals surface area contributed by atoms with Crippen LogP contribution in [-0.2, 0) is 0 Å². The summed E-state index contributed by atoms with van der Waals surface area (Å²) in [6.45, 7) is 1.89. The van der Waals surface area contributed by atoms with Gasteiger partial charge in [0.1, 0.15) is 0 Å². The molecule has 0 aromatic carbocycles. The molecule has 1 unspecified atom stereocenters. The van der Waals surface area contributed by atoms with Crippen molar-refractivity contribution >= 4 is 37.4 Å². The van der Waals surface area contributed by atoms with Crippen molar-refractivity contribution in [1.82, 2.24) is 0 Å². The van der Waals surface area contributed by atoms with Crippen molar-refractivity contribution in [1.29, 1.82) is 0 Å². The van der Waals surface area contributed by atoms with E-state index >= 15 is 0 Å². The maximum atomic E-state index is 5.56. The molecule has 0 saturated carbocycles. The summed E-state index contributed by atoms with van der Waals surface area (Å²) in [7, 11) is 8.03. The van der Waals surface area contributed by atoms with Gasteiger partial charge in [-0.25, -0.2) is 0 Å². The van der Waals surface area contributed by atoms with E-state index < -0.39 is 7.25 Å². The van der Waals surface area contributed by atoms with E-state index in [-0.39, 0.29) is 0 Å². The van der Waals surface area contributed by atoms with Gasteiger partial charge in [-0.05, 0) is 0 Å². The Hall–Kier alpha value is 1.16. The summed E-state index contributed by atoms with van der Waals surface area (Å²) in [4.78, 5) is 0. The van der Waals surface area contributed by atoms with E-state index in [1.54, 1.807) is 5.41 Å². The first-order valence-electron chi connectivity index (χ1n) is 1.67. The number of halogens is 1. The normalized spacial score (nSPS) is 19.7. The second-order valence-corrected chi connectivity index (χ2v) is 9.37. The minimum absolute atomic E-state index is 1.49. The second kappa shape index (κ2) is 3.24. The molecule has 0 spiro atoms. The van der Waals surface area contributed by atoms with Crippen LogP contribution in [0.4, 0.5) is 0 Å². The zero-order valence-electron chi connectivity index (χ0n) is 3.84. The Morgan fingerprint density at radius 3 is 2.29 bits per heavy atom. The second-order valence-electron chi connectivity index (χ2n) is 0.989. The Kier molecular flexibility index (Phi) is 3.77. The van der Waals surface area contributed by atoms with Crippen molar-refractivity contribution in [3.8, 4) is 0 Å². The molecule has 0 rings (SSSR count). The van der Waals surface area contributed by atoms with Gasteiger partial charge in [-0.2, -0.15) is 0 Å². The van der Waals surface area contributed by atoms with Gasteiger partial charge >= 0.3 is 55.8 Å². The van der Waals surface area contributed by atoms with E-state index in [4.69, 9.17) is 10.7 Å². The first kappa shape index (κ1) is 8.16. The molecule has 0 aliphatic carbocycles. The van der Waals surface area contributed by atoms with Crippen molar-refractivity contribution in [2.75, 3.05) is 0 Å². The summed E-state index contributed by atoms with van der Waals surface area (Å²) < 4.78 is 0. The SMILES string of the molecule is C/C=C\S(#P)(S)Cl. The summed E-state index contributed by atoms with van der Waals surface area (Å²) in [5, 5.41) is 1.76. The monoisotopic (exact) mass is 172 g/mol. The predicted octanol–water partition coefficient (Wildman–Crippen LogP) is 3.65. The molecule has 0 nitrogen and oxygen atoms in total. The van der Waals surface area contributed by atoms with Crippen LogP contribution in [0.15, 0.2) is 11.5 Å². The van der Waals surface area contributed by atoms with E-state index in [1.807, 2.05) is 13.0 Å². The number of thiol groups is 1. The Morgan fingerprint density at radius 2 is 2.29 bits per heavy atom. The van der Waals surface area contributed by atoms with Gasteiger partial charge in [0.2, 0.25) is 0 Å². The zero-order valence-corrected chi connectivity index (χ0v) is 7.20. The van der Waals surface area contributed by atoms with E-state index in [0.717, 1.165) is 0 Å². The summed E-state index contributed by atoms with van der Waals surface area (Å²) >= 11 is 3.96. The summed E-state index contributed by atoms with van der Waals surface area (Å²) in [6.07, 6.45) is 1.84. The molecular formula is C3H6ClPS2. The summed E-state index contributed by atoms with van der Waals surface area (Å²) in [6, 6.07) is 0. The van der Waals surface area contributed by atoms with E-state index in [2.05, 4.69) is 19.5 Å². The van der Waals surface area contributed by atoms with Crippen LogP contribution in [0.25, 0.3) is 0 Å². The molecule has 0 aliphatic heterocycles. The molecule has 0 aromatic rings. The Morgan fingerprint density at radius 1 is 1.86 bits per heavy atom. The molecule has 0 bridgehead atoms. The minimum atomic E-state index is -1.49. The predicted molar refractivity (Wildman–Crippen MR) is 44.2 cm³/mol. The number of hydrogen-bond acceptors (Lipinski definition) is 1. The van der Waals surface area contributed by atoms with Crippen LogP contribution < -0.4 is 0 Å². The summed E-state index contributed by atoms with van der Waals surface area (Å²) in [5.74, 6) is 0. The van der Waals surface area contributed by atoms with Crippen LogP contribution in [0.5, 0.6) is 0 Å². The van der Waals surface area contributed by atoms with Gasteiger partial charge in [0, 0.05) is 0 Å². The molecule has 0 fully saturated rings. The van der Waals surface area contributed by atoms with Crippen molar-refractivity contribution in [2.45, 2.75) is 6.92 Å². The van der Waals surface area contributed by atoms with Gasteiger partial charge in [-0.15, -0.1) is 0 Å².